The molecule has 136 valence electrons. The average molecular weight is 373 g/mol. The molecular formula is C24H24N2S. The van der Waals surface area contributed by atoms with Gasteiger partial charge in [-0.05, 0) is 71.2 Å². The molecule has 2 nitrogen and oxygen atoms in total. The topological polar surface area (TPSA) is 25.8 Å². The van der Waals surface area contributed by atoms with Crippen molar-refractivity contribution >= 4 is 22.4 Å². The third-order valence-electron chi connectivity index (χ3n) is 5.25. The maximum absolute atomic E-state index is 4.74. The van der Waals surface area contributed by atoms with Gasteiger partial charge < -0.3 is 0 Å². The van der Waals surface area contributed by atoms with Gasteiger partial charge in [-0.1, -0.05) is 51.1 Å². The van der Waals surface area contributed by atoms with E-state index in [0.717, 1.165) is 41.4 Å². The Labute approximate surface area is 165 Å². The first-order valence-corrected chi connectivity index (χ1v) is 10.5. The lowest BCUT2D eigenvalue weighted by Crippen LogP contribution is -1.98. The van der Waals surface area contributed by atoms with E-state index in [2.05, 4.69) is 68.2 Å². The molecule has 0 aliphatic rings. The van der Waals surface area contributed by atoms with E-state index in [0.29, 0.717) is 0 Å². The minimum atomic E-state index is 1.01. The maximum Gasteiger partial charge on any atom is 0.0847 e. The Morgan fingerprint density at radius 3 is 2.30 bits per heavy atom. The summed E-state index contributed by atoms with van der Waals surface area (Å²) in [5.41, 5.74) is 8.92. The van der Waals surface area contributed by atoms with Crippen molar-refractivity contribution in [3.05, 3.63) is 71.4 Å². The first-order valence-electron chi connectivity index (χ1n) is 9.70. The quantitative estimate of drug-likeness (QED) is 0.389. The summed E-state index contributed by atoms with van der Waals surface area (Å²) in [5.74, 6) is 0. The lowest BCUT2D eigenvalue weighted by Gasteiger charge is -2.13. The molecule has 27 heavy (non-hydrogen) atoms. The van der Waals surface area contributed by atoms with Crippen molar-refractivity contribution in [2.45, 2.75) is 40.0 Å². The van der Waals surface area contributed by atoms with Gasteiger partial charge in [0.15, 0.2) is 0 Å². The minimum absolute atomic E-state index is 1.01. The van der Waals surface area contributed by atoms with Crippen LogP contribution in [-0.2, 0) is 19.3 Å². The van der Waals surface area contributed by atoms with Gasteiger partial charge in [0.2, 0.25) is 0 Å². The summed E-state index contributed by atoms with van der Waals surface area (Å²) in [4.78, 5) is 5.71. The molecule has 0 bridgehead atoms. The van der Waals surface area contributed by atoms with Gasteiger partial charge in [-0.15, -0.1) is 0 Å². The van der Waals surface area contributed by atoms with Crippen LogP contribution in [-0.4, -0.2) is 9.36 Å². The second-order valence-electron chi connectivity index (χ2n) is 6.82. The van der Waals surface area contributed by atoms with Crippen LogP contribution in [0.25, 0.3) is 32.6 Å². The summed E-state index contributed by atoms with van der Waals surface area (Å²) < 4.78 is 4.74. The second kappa shape index (κ2) is 7.61. The highest BCUT2D eigenvalue weighted by Crippen LogP contribution is 2.33. The number of aromatic nitrogens is 2. The van der Waals surface area contributed by atoms with Crippen LogP contribution in [0.15, 0.2) is 54.7 Å². The first kappa shape index (κ1) is 17.9. The van der Waals surface area contributed by atoms with Crippen LogP contribution in [0, 0.1) is 0 Å². The normalized spacial score (nSPS) is 11.2. The smallest absolute Gasteiger partial charge is 0.0847 e. The molecule has 3 heteroatoms. The van der Waals surface area contributed by atoms with E-state index in [1.54, 1.807) is 11.5 Å². The Bertz CT molecular complexity index is 1070. The van der Waals surface area contributed by atoms with Gasteiger partial charge in [-0.25, -0.2) is 0 Å². The average Bonchev–Trinajstić information content (AvgIpc) is 3.22. The van der Waals surface area contributed by atoms with Crippen molar-refractivity contribution in [1.29, 1.82) is 0 Å². The van der Waals surface area contributed by atoms with E-state index >= 15 is 0 Å². The van der Waals surface area contributed by atoms with E-state index in [1.807, 2.05) is 12.3 Å². The molecular weight excluding hydrogens is 348 g/mol. The Morgan fingerprint density at radius 1 is 0.815 bits per heavy atom. The molecule has 0 radical (unpaired) electrons. The number of hydrogen-bond donors (Lipinski definition) is 0. The summed E-state index contributed by atoms with van der Waals surface area (Å²) >= 11 is 1.58. The maximum atomic E-state index is 4.74. The molecule has 0 amide bonds. The molecule has 0 unspecified atom stereocenters. The number of nitrogens with zero attached hydrogens (tertiary/aromatic N) is 2. The zero-order chi connectivity index (χ0) is 18.8. The van der Waals surface area contributed by atoms with Crippen molar-refractivity contribution < 1.29 is 0 Å². The van der Waals surface area contributed by atoms with Gasteiger partial charge in [0.1, 0.15) is 0 Å². The van der Waals surface area contributed by atoms with E-state index in [1.165, 1.54) is 27.1 Å². The molecule has 0 aliphatic carbocycles. The lowest BCUT2D eigenvalue weighted by atomic mass is 9.92. The van der Waals surface area contributed by atoms with Crippen molar-refractivity contribution in [2.24, 2.45) is 0 Å². The van der Waals surface area contributed by atoms with E-state index in [9.17, 15) is 0 Å². The zero-order valence-electron chi connectivity index (χ0n) is 16.1. The fourth-order valence-electron chi connectivity index (χ4n) is 3.80. The molecule has 2 heterocycles. The third-order valence-corrected chi connectivity index (χ3v) is 6.08. The predicted octanol–water partition coefficient (Wildman–Crippen LogP) is 6.71. The number of benzene rings is 2. The SMILES string of the molecule is CCc1cc(-c2cc(-c3ccc4cccnc4c3)ns2)cc(CC)c1CC. The van der Waals surface area contributed by atoms with Crippen LogP contribution in [0.3, 0.4) is 0 Å². The molecule has 0 saturated heterocycles. The Balaban J connectivity index is 1.75. The molecule has 0 spiro atoms. The van der Waals surface area contributed by atoms with Crippen LogP contribution >= 0.6 is 11.5 Å². The third kappa shape index (κ3) is 3.40. The highest BCUT2D eigenvalue weighted by Gasteiger charge is 2.12. The Kier molecular flexibility index (Phi) is 5.04. The second-order valence-corrected chi connectivity index (χ2v) is 7.63. The van der Waals surface area contributed by atoms with Crippen LogP contribution in [0.5, 0.6) is 0 Å². The van der Waals surface area contributed by atoms with Gasteiger partial charge in [0, 0.05) is 17.1 Å². The minimum Gasteiger partial charge on any atom is -0.256 e. The standard InChI is InChI=1S/C24H24N2S/c1-4-16-12-20(13-17(5-2)21(16)6-3)24-15-23(26-27-24)19-10-9-18-8-7-11-25-22(18)14-19/h7-15H,4-6H2,1-3H3. The highest BCUT2D eigenvalue weighted by atomic mass is 32.1. The highest BCUT2D eigenvalue weighted by molar-refractivity contribution is 7.09. The molecule has 0 fully saturated rings. The summed E-state index contributed by atoms with van der Waals surface area (Å²) in [6.07, 6.45) is 5.09. The largest absolute Gasteiger partial charge is 0.256 e. The van der Waals surface area contributed by atoms with Crippen LogP contribution in [0.4, 0.5) is 0 Å². The van der Waals surface area contributed by atoms with Crippen molar-refractivity contribution in [1.82, 2.24) is 9.36 Å². The molecule has 2 aromatic heterocycles. The lowest BCUT2D eigenvalue weighted by molar-refractivity contribution is 0.982. The van der Waals surface area contributed by atoms with Crippen LogP contribution < -0.4 is 0 Å². The fourth-order valence-corrected chi connectivity index (χ4v) is 4.54. The van der Waals surface area contributed by atoms with Gasteiger partial charge in [-0.2, -0.15) is 4.37 Å². The van der Waals surface area contributed by atoms with E-state index < -0.39 is 0 Å². The predicted molar refractivity (Wildman–Crippen MR) is 116 cm³/mol. The van der Waals surface area contributed by atoms with Gasteiger partial charge in [0.05, 0.1) is 16.1 Å². The summed E-state index contributed by atoms with van der Waals surface area (Å²) in [5, 5.41) is 1.16. The van der Waals surface area contributed by atoms with Gasteiger partial charge in [-0.3, -0.25) is 4.98 Å². The van der Waals surface area contributed by atoms with Crippen LogP contribution in [0.1, 0.15) is 37.5 Å². The fraction of sp³-hybridized carbons (Fsp3) is 0.250. The number of aryl methyl sites for hydroxylation is 2. The zero-order valence-corrected chi connectivity index (χ0v) is 16.9. The monoisotopic (exact) mass is 372 g/mol. The van der Waals surface area contributed by atoms with E-state index in [-0.39, 0.29) is 0 Å². The molecule has 4 aromatic rings. The molecule has 0 N–H and O–H groups in total. The number of rotatable bonds is 5. The first-order chi connectivity index (χ1) is 13.2. The van der Waals surface area contributed by atoms with Crippen molar-refractivity contribution in [3.8, 4) is 21.7 Å². The van der Waals surface area contributed by atoms with Crippen LogP contribution in [0.2, 0.25) is 0 Å². The number of hydrogen-bond acceptors (Lipinski definition) is 3. The summed E-state index contributed by atoms with van der Waals surface area (Å²) in [7, 11) is 0. The van der Waals surface area contributed by atoms with Crippen molar-refractivity contribution in [3.63, 3.8) is 0 Å². The molecule has 0 atom stereocenters. The van der Waals surface area contributed by atoms with Gasteiger partial charge >= 0.3 is 0 Å². The molecule has 4 rings (SSSR count). The van der Waals surface area contributed by atoms with Crippen molar-refractivity contribution in [2.75, 3.05) is 0 Å². The Morgan fingerprint density at radius 2 is 1.59 bits per heavy atom. The molecule has 0 saturated carbocycles. The molecule has 2 aromatic carbocycles. The van der Waals surface area contributed by atoms with E-state index in [4.69, 9.17) is 4.37 Å². The molecule has 0 aliphatic heterocycles. The number of pyridine rings is 1. The van der Waals surface area contributed by atoms with Gasteiger partial charge in [0.25, 0.3) is 0 Å². The summed E-state index contributed by atoms with van der Waals surface area (Å²) in [6, 6.07) is 17.4. The Hall–Kier alpha value is -2.52. The summed E-state index contributed by atoms with van der Waals surface area (Å²) in [6.45, 7) is 6.75. The number of fused-ring (bicyclic) bond motifs is 1.